The van der Waals surface area contributed by atoms with Crippen molar-refractivity contribution in [3.63, 3.8) is 0 Å². The molecular formula is C17H17Cl3N2O. The summed E-state index contributed by atoms with van der Waals surface area (Å²) in [6.45, 7) is 6.05. The molecule has 6 heteroatoms. The second-order valence-electron chi connectivity index (χ2n) is 4.89. The zero-order valence-electron chi connectivity index (χ0n) is 12.9. The van der Waals surface area contributed by atoms with Gasteiger partial charge in [0.1, 0.15) is 0 Å². The van der Waals surface area contributed by atoms with Gasteiger partial charge in [0.25, 0.3) is 5.91 Å². The highest BCUT2D eigenvalue weighted by Gasteiger charge is 2.17. The van der Waals surface area contributed by atoms with Crippen molar-refractivity contribution in [2.75, 3.05) is 23.3 Å². The molecule has 2 aromatic carbocycles. The maximum atomic E-state index is 12.4. The Bertz CT molecular complexity index is 698. The largest absolute Gasteiger partial charge is 0.372 e. The first kappa shape index (κ1) is 17.9. The Hall–Kier alpha value is -1.42. The second-order valence-corrected chi connectivity index (χ2v) is 6.08. The van der Waals surface area contributed by atoms with Crippen LogP contribution in [0.2, 0.25) is 15.1 Å². The van der Waals surface area contributed by atoms with Crippen LogP contribution in [0.3, 0.4) is 0 Å². The second kappa shape index (κ2) is 7.91. The molecule has 0 bridgehead atoms. The summed E-state index contributed by atoms with van der Waals surface area (Å²) >= 11 is 18.1. The van der Waals surface area contributed by atoms with Gasteiger partial charge in [0.15, 0.2) is 0 Å². The highest BCUT2D eigenvalue weighted by Crippen LogP contribution is 2.32. The van der Waals surface area contributed by atoms with E-state index in [1.54, 1.807) is 12.1 Å². The summed E-state index contributed by atoms with van der Waals surface area (Å²) in [7, 11) is 0. The maximum Gasteiger partial charge on any atom is 0.258 e. The SMILES string of the molecule is CCN(CC)c1ccc(NC(=O)c2c(Cl)ccc(Cl)c2Cl)cc1. The van der Waals surface area contributed by atoms with Gasteiger partial charge in [-0.05, 0) is 50.2 Å². The molecule has 2 rings (SSSR count). The summed E-state index contributed by atoms with van der Waals surface area (Å²) in [5.74, 6) is -0.391. The first-order valence-electron chi connectivity index (χ1n) is 7.27. The number of carbonyl (C=O) groups excluding carboxylic acids is 1. The molecule has 3 nitrogen and oxygen atoms in total. The topological polar surface area (TPSA) is 32.3 Å². The number of halogens is 3. The Kier molecular flexibility index (Phi) is 6.17. The van der Waals surface area contributed by atoms with Crippen LogP contribution in [0.15, 0.2) is 36.4 Å². The molecule has 2 aromatic rings. The fraction of sp³-hybridized carbons (Fsp3) is 0.235. The summed E-state index contributed by atoms with van der Waals surface area (Å²) in [6.07, 6.45) is 0. The summed E-state index contributed by atoms with van der Waals surface area (Å²) in [5, 5.41) is 3.48. The van der Waals surface area contributed by atoms with E-state index in [1.165, 1.54) is 0 Å². The van der Waals surface area contributed by atoms with E-state index in [-0.39, 0.29) is 20.6 Å². The van der Waals surface area contributed by atoms with Crippen molar-refractivity contribution >= 4 is 52.1 Å². The van der Waals surface area contributed by atoms with E-state index >= 15 is 0 Å². The average Bonchev–Trinajstić information content (AvgIpc) is 2.54. The molecule has 0 fully saturated rings. The first-order valence-corrected chi connectivity index (χ1v) is 8.41. The summed E-state index contributed by atoms with van der Waals surface area (Å²) < 4.78 is 0. The van der Waals surface area contributed by atoms with Crippen LogP contribution in [0.5, 0.6) is 0 Å². The van der Waals surface area contributed by atoms with Gasteiger partial charge in [-0.25, -0.2) is 0 Å². The third-order valence-electron chi connectivity index (χ3n) is 3.52. The lowest BCUT2D eigenvalue weighted by Gasteiger charge is -2.21. The fourth-order valence-corrected chi connectivity index (χ4v) is 2.97. The predicted molar refractivity (Wildman–Crippen MR) is 99.4 cm³/mol. The number of amides is 1. The monoisotopic (exact) mass is 370 g/mol. The molecule has 0 heterocycles. The van der Waals surface area contributed by atoms with Crippen molar-refractivity contribution in [3.8, 4) is 0 Å². The Morgan fingerprint density at radius 1 is 0.957 bits per heavy atom. The smallest absolute Gasteiger partial charge is 0.258 e. The lowest BCUT2D eigenvalue weighted by molar-refractivity contribution is 0.102. The number of carbonyl (C=O) groups is 1. The van der Waals surface area contributed by atoms with Crippen LogP contribution in [-0.2, 0) is 0 Å². The molecule has 0 radical (unpaired) electrons. The van der Waals surface area contributed by atoms with E-state index in [0.717, 1.165) is 18.8 Å². The molecule has 0 saturated heterocycles. The first-order chi connectivity index (χ1) is 11.0. The van der Waals surface area contributed by atoms with E-state index in [0.29, 0.717) is 5.69 Å². The van der Waals surface area contributed by atoms with Crippen molar-refractivity contribution in [3.05, 3.63) is 57.0 Å². The molecule has 0 spiro atoms. The van der Waals surface area contributed by atoms with E-state index < -0.39 is 5.91 Å². The van der Waals surface area contributed by atoms with Crippen molar-refractivity contribution in [2.24, 2.45) is 0 Å². The van der Waals surface area contributed by atoms with E-state index in [4.69, 9.17) is 34.8 Å². The number of rotatable bonds is 5. The minimum Gasteiger partial charge on any atom is -0.372 e. The quantitative estimate of drug-likeness (QED) is 0.679. The molecule has 0 saturated carbocycles. The number of anilines is 2. The lowest BCUT2D eigenvalue weighted by atomic mass is 10.2. The van der Waals surface area contributed by atoms with Gasteiger partial charge in [0.05, 0.1) is 20.6 Å². The Morgan fingerprint density at radius 2 is 1.52 bits per heavy atom. The summed E-state index contributed by atoms with van der Waals surface area (Å²) in [5.41, 5.74) is 1.94. The molecule has 0 aliphatic heterocycles. The molecule has 0 aliphatic carbocycles. The molecule has 1 N–H and O–H groups in total. The van der Waals surface area contributed by atoms with Crippen molar-refractivity contribution in [1.82, 2.24) is 0 Å². The van der Waals surface area contributed by atoms with Gasteiger partial charge in [0, 0.05) is 24.5 Å². The van der Waals surface area contributed by atoms with E-state index in [9.17, 15) is 4.79 Å². The molecule has 0 atom stereocenters. The zero-order chi connectivity index (χ0) is 17.0. The minimum atomic E-state index is -0.391. The van der Waals surface area contributed by atoms with Gasteiger partial charge >= 0.3 is 0 Å². The van der Waals surface area contributed by atoms with E-state index in [2.05, 4.69) is 24.1 Å². The molecular weight excluding hydrogens is 355 g/mol. The number of nitrogens with one attached hydrogen (secondary N) is 1. The zero-order valence-corrected chi connectivity index (χ0v) is 15.1. The van der Waals surface area contributed by atoms with Crippen LogP contribution in [-0.4, -0.2) is 19.0 Å². The number of nitrogens with zero attached hydrogens (tertiary/aromatic N) is 1. The van der Waals surface area contributed by atoms with Crippen LogP contribution in [0, 0.1) is 0 Å². The van der Waals surface area contributed by atoms with Gasteiger partial charge in [-0.3, -0.25) is 4.79 Å². The Morgan fingerprint density at radius 3 is 2.09 bits per heavy atom. The molecule has 0 aliphatic rings. The van der Waals surface area contributed by atoms with Gasteiger partial charge in [0.2, 0.25) is 0 Å². The van der Waals surface area contributed by atoms with Crippen LogP contribution < -0.4 is 10.2 Å². The standard InChI is InChI=1S/C17H17Cl3N2O/c1-3-22(4-2)12-7-5-11(6-8-12)21-17(23)15-13(18)9-10-14(19)16(15)20/h5-10H,3-4H2,1-2H3,(H,21,23). The fourth-order valence-electron chi connectivity index (χ4n) is 2.27. The van der Waals surface area contributed by atoms with Crippen LogP contribution in [0.1, 0.15) is 24.2 Å². The van der Waals surface area contributed by atoms with Crippen LogP contribution >= 0.6 is 34.8 Å². The third kappa shape index (κ3) is 4.11. The van der Waals surface area contributed by atoms with Gasteiger partial charge < -0.3 is 10.2 Å². The molecule has 23 heavy (non-hydrogen) atoms. The maximum absolute atomic E-state index is 12.4. The highest BCUT2D eigenvalue weighted by molar-refractivity contribution is 6.46. The van der Waals surface area contributed by atoms with Crippen molar-refractivity contribution in [2.45, 2.75) is 13.8 Å². The molecule has 122 valence electrons. The van der Waals surface area contributed by atoms with E-state index in [1.807, 2.05) is 24.3 Å². The normalized spacial score (nSPS) is 10.5. The minimum absolute atomic E-state index is 0.149. The van der Waals surface area contributed by atoms with Crippen LogP contribution in [0.25, 0.3) is 0 Å². The van der Waals surface area contributed by atoms with Crippen molar-refractivity contribution in [1.29, 1.82) is 0 Å². The number of hydrogen-bond acceptors (Lipinski definition) is 2. The Balaban J connectivity index is 2.20. The third-order valence-corrected chi connectivity index (χ3v) is 4.64. The number of hydrogen-bond donors (Lipinski definition) is 1. The van der Waals surface area contributed by atoms with Gasteiger partial charge in [-0.1, -0.05) is 34.8 Å². The predicted octanol–water partition coefficient (Wildman–Crippen LogP) is 5.75. The average molecular weight is 372 g/mol. The van der Waals surface area contributed by atoms with Crippen molar-refractivity contribution < 1.29 is 4.79 Å². The van der Waals surface area contributed by atoms with Crippen LogP contribution in [0.4, 0.5) is 11.4 Å². The lowest BCUT2D eigenvalue weighted by Crippen LogP contribution is -2.21. The van der Waals surface area contributed by atoms with Gasteiger partial charge in [-0.15, -0.1) is 0 Å². The van der Waals surface area contributed by atoms with Gasteiger partial charge in [-0.2, -0.15) is 0 Å². The number of benzene rings is 2. The molecule has 0 unspecified atom stereocenters. The molecule has 0 aromatic heterocycles. The molecule has 1 amide bonds. The summed E-state index contributed by atoms with van der Waals surface area (Å²) in [4.78, 5) is 14.6. The highest BCUT2D eigenvalue weighted by atomic mass is 35.5. The summed E-state index contributed by atoms with van der Waals surface area (Å²) in [6, 6.07) is 10.7. The Labute approximate surface area is 151 Å².